The number of carbonyl (C=O) groups is 1. The van der Waals surface area contributed by atoms with Crippen LogP contribution in [-0.4, -0.2) is 43.2 Å². The third-order valence-electron chi connectivity index (χ3n) is 4.37. The first-order valence-corrected chi connectivity index (χ1v) is 6.24. The van der Waals surface area contributed by atoms with Crippen LogP contribution < -0.4 is 5.73 Å². The number of ether oxygens (including phenoxy) is 1. The lowest BCUT2D eigenvalue weighted by molar-refractivity contribution is -0.124. The number of amides is 1. The first kappa shape index (κ1) is 11.9. The third-order valence-corrected chi connectivity index (χ3v) is 4.37. The second-order valence-electron chi connectivity index (χ2n) is 5.23. The molecule has 0 aliphatic carbocycles. The maximum Gasteiger partial charge on any atom is 0.234 e. The van der Waals surface area contributed by atoms with Crippen LogP contribution in [0.2, 0.25) is 0 Å². The van der Waals surface area contributed by atoms with Crippen LogP contribution >= 0.6 is 0 Å². The van der Waals surface area contributed by atoms with Crippen LogP contribution in [0.4, 0.5) is 0 Å². The number of likely N-dealkylation sites (tertiary alicyclic amines) is 1. The van der Waals surface area contributed by atoms with Crippen molar-refractivity contribution < 1.29 is 9.53 Å². The fourth-order valence-electron chi connectivity index (χ4n) is 2.87. The Morgan fingerprint density at radius 1 is 1.25 bits per heavy atom. The lowest BCUT2D eigenvalue weighted by atomic mass is 9.72. The molecule has 2 saturated heterocycles. The molecule has 1 spiro atoms. The number of nitrogens with two attached hydrogens (primary N) is 1. The Balaban J connectivity index is 1.88. The summed E-state index contributed by atoms with van der Waals surface area (Å²) in [7, 11) is 0. The summed E-state index contributed by atoms with van der Waals surface area (Å²) in [6.07, 6.45) is 4.75. The van der Waals surface area contributed by atoms with E-state index in [-0.39, 0.29) is 11.9 Å². The van der Waals surface area contributed by atoms with Crippen molar-refractivity contribution in [3.05, 3.63) is 0 Å². The minimum absolute atomic E-state index is 0.114. The van der Waals surface area contributed by atoms with Crippen molar-refractivity contribution in [2.75, 3.05) is 26.3 Å². The quantitative estimate of drug-likeness (QED) is 0.756. The maximum atomic E-state index is 11.1. The smallest absolute Gasteiger partial charge is 0.234 e. The molecule has 0 aromatic rings. The van der Waals surface area contributed by atoms with Gasteiger partial charge in [0.25, 0.3) is 0 Å². The van der Waals surface area contributed by atoms with Gasteiger partial charge >= 0.3 is 0 Å². The largest absolute Gasteiger partial charge is 0.381 e. The van der Waals surface area contributed by atoms with Crippen LogP contribution in [0, 0.1) is 5.41 Å². The number of carbonyl (C=O) groups excluding carboxylic acids is 1. The van der Waals surface area contributed by atoms with E-state index in [1.807, 2.05) is 6.92 Å². The molecule has 2 aliphatic heterocycles. The topological polar surface area (TPSA) is 55.6 Å². The summed E-state index contributed by atoms with van der Waals surface area (Å²) in [6.45, 7) is 5.73. The van der Waals surface area contributed by atoms with Crippen molar-refractivity contribution in [3.8, 4) is 0 Å². The molecule has 0 bridgehead atoms. The summed E-state index contributed by atoms with van der Waals surface area (Å²) in [6, 6.07) is -0.114. The average Bonchev–Trinajstić information content (AvgIpc) is 2.30. The fourth-order valence-corrected chi connectivity index (χ4v) is 2.87. The zero-order valence-corrected chi connectivity index (χ0v) is 10.1. The molecule has 4 heteroatoms. The van der Waals surface area contributed by atoms with Crippen LogP contribution in [0.3, 0.4) is 0 Å². The highest BCUT2D eigenvalue weighted by Crippen LogP contribution is 2.40. The Morgan fingerprint density at radius 3 is 2.31 bits per heavy atom. The second kappa shape index (κ2) is 4.72. The summed E-state index contributed by atoms with van der Waals surface area (Å²) < 4.78 is 5.42. The van der Waals surface area contributed by atoms with E-state index in [9.17, 15) is 4.79 Å². The van der Waals surface area contributed by atoms with Gasteiger partial charge in [-0.15, -0.1) is 0 Å². The van der Waals surface area contributed by atoms with Crippen molar-refractivity contribution >= 4 is 5.91 Å². The van der Waals surface area contributed by atoms with Crippen LogP contribution in [-0.2, 0) is 9.53 Å². The molecular formula is C12H22N2O2. The fraction of sp³-hybridized carbons (Fsp3) is 0.917. The van der Waals surface area contributed by atoms with Crippen molar-refractivity contribution in [3.63, 3.8) is 0 Å². The van der Waals surface area contributed by atoms with Crippen LogP contribution in [0.1, 0.15) is 32.6 Å². The second-order valence-corrected chi connectivity index (χ2v) is 5.23. The van der Waals surface area contributed by atoms with Gasteiger partial charge in [0.2, 0.25) is 5.91 Å². The van der Waals surface area contributed by atoms with Gasteiger partial charge in [0.1, 0.15) is 0 Å². The SMILES string of the molecule is CC(C(N)=O)N1CCC2(CCOCC2)CC1. The minimum atomic E-state index is -0.206. The number of primary amides is 1. The molecule has 0 radical (unpaired) electrons. The summed E-state index contributed by atoms with van der Waals surface area (Å²) in [5.74, 6) is -0.206. The summed E-state index contributed by atoms with van der Waals surface area (Å²) in [5, 5.41) is 0. The zero-order chi connectivity index (χ0) is 11.6. The molecule has 2 rings (SSSR count). The Morgan fingerprint density at radius 2 is 1.81 bits per heavy atom. The molecule has 2 heterocycles. The first-order valence-electron chi connectivity index (χ1n) is 6.24. The molecule has 4 nitrogen and oxygen atoms in total. The lowest BCUT2D eigenvalue weighted by Gasteiger charge is -2.45. The number of piperidine rings is 1. The summed E-state index contributed by atoms with van der Waals surface area (Å²) in [5.41, 5.74) is 5.83. The van der Waals surface area contributed by atoms with E-state index in [4.69, 9.17) is 10.5 Å². The molecule has 16 heavy (non-hydrogen) atoms. The monoisotopic (exact) mass is 226 g/mol. The highest BCUT2D eigenvalue weighted by molar-refractivity contribution is 5.79. The van der Waals surface area contributed by atoms with Crippen LogP contribution in [0.5, 0.6) is 0 Å². The molecule has 1 amide bonds. The average molecular weight is 226 g/mol. The number of hydrogen-bond donors (Lipinski definition) is 1. The van der Waals surface area contributed by atoms with Gasteiger partial charge in [0, 0.05) is 13.2 Å². The first-order chi connectivity index (χ1) is 7.63. The Kier molecular flexibility index (Phi) is 3.50. The molecule has 1 unspecified atom stereocenters. The van der Waals surface area contributed by atoms with Gasteiger partial charge in [-0.3, -0.25) is 9.69 Å². The predicted octanol–water partition coefficient (Wildman–Crippen LogP) is 0.753. The van der Waals surface area contributed by atoms with Gasteiger partial charge in [0.15, 0.2) is 0 Å². The minimum Gasteiger partial charge on any atom is -0.381 e. The van der Waals surface area contributed by atoms with Gasteiger partial charge in [-0.2, -0.15) is 0 Å². The maximum absolute atomic E-state index is 11.1. The van der Waals surface area contributed by atoms with Gasteiger partial charge in [0.05, 0.1) is 6.04 Å². The van der Waals surface area contributed by atoms with E-state index in [0.717, 1.165) is 26.3 Å². The zero-order valence-electron chi connectivity index (χ0n) is 10.1. The Hall–Kier alpha value is -0.610. The normalized spacial score (nSPS) is 27.8. The Bertz CT molecular complexity index is 252. The van der Waals surface area contributed by atoms with Crippen molar-refractivity contribution in [1.82, 2.24) is 4.90 Å². The number of nitrogens with zero attached hydrogens (tertiary/aromatic N) is 1. The van der Waals surface area contributed by atoms with Gasteiger partial charge in [-0.05, 0) is 51.1 Å². The predicted molar refractivity (Wildman–Crippen MR) is 61.9 cm³/mol. The Labute approximate surface area is 97.1 Å². The van der Waals surface area contributed by atoms with Crippen LogP contribution in [0.25, 0.3) is 0 Å². The molecule has 0 aromatic heterocycles. The highest BCUT2D eigenvalue weighted by atomic mass is 16.5. The molecule has 2 fully saturated rings. The molecule has 0 saturated carbocycles. The lowest BCUT2D eigenvalue weighted by Crippen LogP contribution is -2.50. The standard InChI is InChI=1S/C12H22N2O2/c1-10(11(13)15)14-6-2-12(3-7-14)4-8-16-9-5-12/h10H,2-9H2,1H3,(H2,13,15). The van der Waals surface area contributed by atoms with Crippen molar-refractivity contribution in [2.24, 2.45) is 11.1 Å². The van der Waals surface area contributed by atoms with E-state index in [1.54, 1.807) is 0 Å². The van der Waals surface area contributed by atoms with E-state index < -0.39 is 0 Å². The number of hydrogen-bond acceptors (Lipinski definition) is 3. The summed E-state index contributed by atoms with van der Waals surface area (Å²) >= 11 is 0. The van der Waals surface area contributed by atoms with E-state index >= 15 is 0 Å². The van der Waals surface area contributed by atoms with Gasteiger partial charge < -0.3 is 10.5 Å². The van der Waals surface area contributed by atoms with E-state index in [0.29, 0.717) is 5.41 Å². The van der Waals surface area contributed by atoms with Crippen molar-refractivity contribution in [2.45, 2.75) is 38.6 Å². The molecule has 2 N–H and O–H groups in total. The molecular weight excluding hydrogens is 204 g/mol. The summed E-state index contributed by atoms with van der Waals surface area (Å²) in [4.78, 5) is 13.3. The van der Waals surface area contributed by atoms with Crippen molar-refractivity contribution in [1.29, 1.82) is 0 Å². The number of rotatable bonds is 2. The molecule has 1 atom stereocenters. The molecule has 92 valence electrons. The van der Waals surface area contributed by atoms with Crippen LogP contribution in [0.15, 0.2) is 0 Å². The molecule has 2 aliphatic rings. The van der Waals surface area contributed by atoms with Gasteiger partial charge in [-0.1, -0.05) is 0 Å². The van der Waals surface area contributed by atoms with Gasteiger partial charge in [-0.25, -0.2) is 0 Å². The highest BCUT2D eigenvalue weighted by Gasteiger charge is 2.37. The van der Waals surface area contributed by atoms with E-state index in [2.05, 4.69) is 4.90 Å². The molecule has 0 aromatic carbocycles. The van der Waals surface area contributed by atoms with E-state index in [1.165, 1.54) is 25.7 Å². The third kappa shape index (κ3) is 2.38.